The summed E-state index contributed by atoms with van der Waals surface area (Å²) in [5.74, 6) is 0.745. The normalized spacial score (nSPS) is 18.3. The van der Waals surface area contributed by atoms with Crippen molar-refractivity contribution in [2.75, 3.05) is 13.1 Å². The third kappa shape index (κ3) is 3.49. The van der Waals surface area contributed by atoms with Gasteiger partial charge in [0, 0.05) is 38.3 Å². The number of likely N-dealkylation sites (tertiary alicyclic amines) is 1. The number of rotatable bonds is 2. The van der Waals surface area contributed by atoms with Crippen molar-refractivity contribution in [2.45, 2.75) is 31.3 Å². The fourth-order valence-corrected chi connectivity index (χ4v) is 3.75. The number of nitrogens with zero attached hydrogens (tertiary/aromatic N) is 3. The first kappa shape index (κ1) is 17.5. The monoisotopic (exact) mass is 367 g/mol. The molecule has 1 aromatic heterocycles. The van der Waals surface area contributed by atoms with Gasteiger partial charge in [0.05, 0.1) is 0 Å². The molecule has 0 saturated carbocycles. The summed E-state index contributed by atoms with van der Waals surface area (Å²) in [5, 5.41) is 16.2. The molecule has 0 bridgehead atoms. The first-order valence-electron chi connectivity index (χ1n) is 9.11. The average Bonchev–Trinajstić information content (AvgIpc) is 3.22. The summed E-state index contributed by atoms with van der Waals surface area (Å²) in [7, 11) is 0. The standard InChI is InChI=1S/C20H22FN5O/c21-16-3-1-2-15-6-7-20(27-19(15)16)8-11-25(12-9-20)17(22)4-5-18(23)26-13-10-24-14-26/h1-5,10,13-14,22-23H,6-9,11-12H2/b5-4-,22-17?,23-18?. The Morgan fingerprint density at radius 2 is 1.93 bits per heavy atom. The number of aromatic nitrogens is 2. The molecule has 1 fully saturated rings. The Labute approximate surface area is 157 Å². The highest BCUT2D eigenvalue weighted by Gasteiger charge is 2.40. The number of nitrogens with one attached hydrogen (secondary N) is 2. The molecule has 2 N–H and O–H groups in total. The molecule has 0 unspecified atom stereocenters. The molecule has 1 aromatic carbocycles. The fourth-order valence-electron chi connectivity index (χ4n) is 3.75. The lowest BCUT2D eigenvalue weighted by molar-refractivity contribution is -0.00392. The van der Waals surface area contributed by atoms with Gasteiger partial charge in [0.2, 0.25) is 0 Å². The Bertz CT molecular complexity index is 882. The highest BCUT2D eigenvalue weighted by Crippen LogP contribution is 2.40. The van der Waals surface area contributed by atoms with Gasteiger partial charge in [0.25, 0.3) is 0 Å². The number of halogens is 1. The van der Waals surface area contributed by atoms with Crippen LogP contribution in [0.5, 0.6) is 5.75 Å². The lowest BCUT2D eigenvalue weighted by atomic mass is 9.83. The fraction of sp³-hybridized carbons (Fsp3) is 0.350. The number of hydrogen-bond donors (Lipinski definition) is 2. The number of para-hydroxylation sites is 1. The minimum Gasteiger partial charge on any atom is -0.484 e. The molecule has 1 spiro atoms. The molecule has 27 heavy (non-hydrogen) atoms. The van der Waals surface area contributed by atoms with Crippen LogP contribution in [0.2, 0.25) is 0 Å². The highest BCUT2D eigenvalue weighted by atomic mass is 19.1. The number of aryl methyl sites for hydroxylation is 1. The lowest BCUT2D eigenvalue weighted by Gasteiger charge is -2.45. The number of fused-ring (bicyclic) bond motifs is 1. The smallest absolute Gasteiger partial charge is 0.165 e. The Morgan fingerprint density at radius 1 is 1.15 bits per heavy atom. The molecule has 140 valence electrons. The minimum atomic E-state index is -0.334. The van der Waals surface area contributed by atoms with E-state index in [1.165, 1.54) is 6.07 Å². The van der Waals surface area contributed by atoms with Gasteiger partial charge in [-0.25, -0.2) is 9.37 Å². The van der Waals surface area contributed by atoms with E-state index in [-0.39, 0.29) is 17.3 Å². The maximum atomic E-state index is 14.1. The molecule has 3 heterocycles. The molecule has 2 aromatic rings. The number of benzene rings is 1. The summed E-state index contributed by atoms with van der Waals surface area (Å²) in [6, 6.07) is 5.10. The van der Waals surface area contributed by atoms with E-state index < -0.39 is 0 Å². The third-order valence-corrected chi connectivity index (χ3v) is 5.41. The predicted molar refractivity (Wildman–Crippen MR) is 101 cm³/mol. The molecule has 0 aliphatic carbocycles. The summed E-state index contributed by atoms with van der Waals surface area (Å²) in [4.78, 5) is 5.89. The number of imidazole rings is 1. The van der Waals surface area contributed by atoms with E-state index in [4.69, 9.17) is 15.6 Å². The van der Waals surface area contributed by atoms with Gasteiger partial charge in [0.1, 0.15) is 23.6 Å². The van der Waals surface area contributed by atoms with Crippen molar-refractivity contribution in [1.82, 2.24) is 14.5 Å². The first-order chi connectivity index (χ1) is 13.1. The van der Waals surface area contributed by atoms with Gasteiger partial charge in [0.15, 0.2) is 11.6 Å². The van der Waals surface area contributed by atoms with Crippen LogP contribution in [0.1, 0.15) is 24.8 Å². The second-order valence-corrected chi connectivity index (χ2v) is 7.07. The van der Waals surface area contributed by atoms with E-state index in [9.17, 15) is 4.39 Å². The van der Waals surface area contributed by atoms with Crippen LogP contribution >= 0.6 is 0 Å². The van der Waals surface area contributed by atoms with Crippen LogP contribution in [0.4, 0.5) is 4.39 Å². The van der Waals surface area contributed by atoms with Crippen LogP contribution in [0, 0.1) is 16.6 Å². The summed E-state index contributed by atoms with van der Waals surface area (Å²) in [6.45, 7) is 1.37. The minimum absolute atomic E-state index is 0.258. The van der Waals surface area contributed by atoms with Gasteiger partial charge >= 0.3 is 0 Å². The van der Waals surface area contributed by atoms with E-state index in [1.54, 1.807) is 41.5 Å². The van der Waals surface area contributed by atoms with Crippen molar-refractivity contribution in [1.29, 1.82) is 10.8 Å². The van der Waals surface area contributed by atoms with Gasteiger partial charge in [-0.1, -0.05) is 12.1 Å². The number of piperidine rings is 1. The summed E-state index contributed by atoms with van der Waals surface area (Å²) >= 11 is 0. The van der Waals surface area contributed by atoms with Gasteiger partial charge in [-0.05, 0) is 36.6 Å². The Morgan fingerprint density at radius 3 is 2.67 bits per heavy atom. The van der Waals surface area contributed by atoms with Crippen molar-refractivity contribution in [3.63, 3.8) is 0 Å². The van der Waals surface area contributed by atoms with Crippen LogP contribution in [0.25, 0.3) is 0 Å². The van der Waals surface area contributed by atoms with Gasteiger partial charge in [-0.3, -0.25) is 15.4 Å². The van der Waals surface area contributed by atoms with Crippen molar-refractivity contribution in [3.05, 3.63) is 60.5 Å². The Kier molecular flexibility index (Phi) is 4.51. The largest absolute Gasteiger partial charge is 0.484 e. The van der Waals surface area contributed by atoms with Crippen molar-refractivity contribution in [2.24, 2.45) is 0 Å². The average molecular weight is 367 g/mol. The molecule has 2 aliphatic rings. The maximum absolute atomic E-state index is 14.1. The number of ether oxygens (including phenoxy) is 1. The second kappa shape index (κ2) is 6.98. The molecule has 0 amide bonds. The van der Waals surface area contributed by atoms with Gasteiger partial charge < -0.3 is 9.64 Å². The van der Waals surface area contributed by atoms with Crippen LogP contribution in [0.15, 0.2) is 49.1 Å². The molecule has 0 atom stereocenters. The zero-order chi connectivity index (χ0) is 18.9. The lowest BCUT2D eigenvalue weighted by Crippen LogP contribution is -2.51. The van der Waals surface area contributed by atoms with E-state index in [1.807, 2.05) is 11.0 Å². The van der Waals surface area contributed by atoms with E-state index in [0.717, 1.165) is 31.2 Å². The topological polar surface area (TPSA) is 78.0 Å². The SMILES string of the molecule is N=C(/C=C\C(=N)n1ccnc1)N1CCC2(CCc3cccc(F)c3O2)CC1. The van der Waals surface area contributed by atoms with Crippen LogP contribution in [-0.4, -0.2) is 44.8 Å². The number of hydrogen-bond acceptors (Lipinski definition) is 4. The van der Waals surface area contributed by atoms with Crippen molar-refractivity contribution < 1.29 is 9.13 Å². The van der Waals surface area contributed by atoms with E-state index in [2.05, 4.69) is 4.98 Å². The summed E-state index contributed by atoms with van der Waals surface area (Å²) in [5.41, 5.74) is 0.607. The summed E-state index contributed by atoms with van der Waals surface area (Å²) in [6.07, 6.45) is 11.3. The molecule has 1 saturated heterocycles. The first-order valence-corrected chi connectivity index (χ1v) is 9.11. The third-order valence-electron chi connectivity index (χ3n) is 5.41. The van der Waals surface area contributed by atoms with E-state index in [0.29, 0.717) is 24.7 Å². The second-order valence-electron chi connectivity index (χ2n) is 7.07. The molecule has 2 aliphatic heterocycles. The number of allylic oxidation sites excluding steroid dienone is 1. The summed E-state index contributed by atoms with van der Waals surface area (Å²) < 4.78 is 21.8. The van der Waals surface area contributed by atoms with Crippen LogP contribution < -0.4 is 4.74 Å². The Hall–Kier alpha value is -2.96. The van der Waals surface area contributed by atoms with Crippen molar-refractivity contribution in [3.8, 4) is 5.75 Å². The highest BCUT2D eigenvalue weighted by molar-refractivity contribution is 6.00. The molecule has 6 nitrogen and oxygen atoms in total. The molecule has 7 heteroatoms. The Balaban J connectivity index is 1.37. The van der Waals surface area contributed by atoms with E-state index >= 15 is 0 Å². The van der Waals surface area contributed by atoms with Crippen molar-refractivity contribution >= 4 is 11.7 Å². The maximum Gasteiger partial charge on any atom is 0.165 e. The van der Waals surface area contributed by atoms with Gasteiger partial charge in [-0.2, -0.15) is 0 Å². The zero-order valence-electron chi connectivity index (χ0n) is 15.0. The quantitative estimate of drug-likeness (QED) is 0.632. The van der Waals surface area contributed by atoms with Gasteiger partial charge in [-0.15, -0.1) is 0 Å². The molecular formula is C20H22FN5O. The zero-order valence-corrected chi connectivity index (χ0v) is 15.0. The van der Waals surface area contributed by atoms with Crippen LogP contribution in [-0.2, 0) is 6.42 Å². The molecular weight excluding hydrogens is 345 g/mol. The van der Waals surface area contributed by atoms with Crippen LogP contribution in [0.3, 0.4) is 0 Å². The molecule has 4 rings (SSSR count). The predicted octanol–water partition coefficient (Wildman–Crippen LogP) is 3.24. The molecule has 0 radical (unpaired) electrons. The number of amidine groups is 1.